The van der Waals surface area contributed by atoms with Gasteiger partial charge in [0.2, 0.25) is 0 Å². The van der Waals surface area contributed by atoms with Crippen LogP contribution in [0.3, 0.4) is 0 Å². The molecule has 1 amide bonds. The van der Waals surface area contributed by atoms with Gasteiger partial charge >= 0.3 is 0 Å². The van der Waals surface area contributed by atoms with Crippen molar-refractivity contribution in [2.24, 2.45) is 0 Å². The molecule has 5 heteroatoms. The fraction of sp³-hybridized carbons (Fsp3) is 0.286. The first-order valence-electron chi connectivity index (χ1n) is 5.85. The monoisotopic (exact) mass is 260 g/mol. The van der Waals surface area contributed by atoms with E-state index in [1.54, 1.807) is 13.1 Å². The molecule has 0 bridgehead atoms. The van der Waals surface area contributed by atoms with E-state index in [9.17, 15) is 4.79 Å². The molecule has 1 heterocycles. The molecule has 5 nitrogen and oxygen atoms in total. The van der Waals surface area contributed by atoms with E-state index in [1.807, 2.05) is 30.3 Å². The van der Waals surface area contributed by atoms with Crippen LogP contribution in [0.15, 0.2) is 36.5 Å². The minimum absolute atomic E-state index is 0.380. The number of carbonyl (C=O) groups excluding carboxylic acids is 1. The molecule has 0 aliphatic heterocycles. The van der Waals surface area contributed by atoms with Gasteiger partial charge in [-0.15, -0.1) is 0 Å². The van der Waals surface area contributed by atoms with Gasteiger partial charge in [-0.2, -0.15) is 0 Å². The van der Waals surface area contributed by atoms with Gasteiger partial charge in [-0.3, -0.25) is 14.6 Å². The third-order valence-corrected chi connectivity index (χ3v) is 3.18. The van der Waals surface area contributed by atoms with E-state index in [2.05, 4.69) is 15.3 Å². The number of methoxy groups -OCH3 is 1. The van der Waals surface area contributed by atoms with Crippen molar-refractivity contribution in [3.8, 4) is 0 Å². The first kappa shape index (κ1) is 13.5. The summed E-state index contributed by atoms with van der Waals surface area (Å²) in [6.45, 7) is 1.67. The van der Waals surface area contributed by atoms with Crippen LogP contribution in [-0.4, -0.2) is 25.1 Å². The van der Waals surface area contributed by atoms with Crippen molar-refractivity contribution in [1.82, 2.24) is 10.5 Å². The summed E-state index contributed by atoms with van der Waals surface area (Å²) in [6.07, 6.45) is 1.64. The molecule has 1 aromatic heterocycles. The summed E-state index contributed by atoms with van der Waals surface area (Å²) in [5.41, 5.74) is 2.69. The molecule has 0 aliphatic carbocycles. The molecule has 100 valence electrons. The van der Waals surface area contributed by atoms with Gasteiger partial charge in [0.15, 0.2) is 5.60 Å². The van der Waals surface area contributed by atoms with Gasteiger partial charge in [0.1, 0.15) is 0 Å². The standard InChI is InChI=1S/C14H16N2O3/c1-14(18-2,13(17)16-19-3)11-8-10-6-4-5-7-12(10)15-9-11/h4-9H,1-3H3,(H,16,17). The number of para-hydroxylation sites is 1. The van der Waals surface area contributed by atoms with Crippen molar-refractivity contribution in [2.45, 2.75) is 12.5 Å². The number of fused-ring (bicyclic) bond motifs is 1. The Morgan fingerprint density at radius 3 is 2.74 bits per heavy atom. The second kappa shape index (κ2) is 5.34. The SMILES string of the molecule is CONC(=O)C(C)(OC)c1cnc2ccccc2c1. The molecular formula is C14H16N2O3. The Morgan fingerprint density at radius 1 is 1.32 bits per heavy atom. The van der Waals surface area contributed by atoms with E-state index in [4.69, 9.17) is 4.74 Å². The summed E-state index contributed by atoms with van der Waals surface area (Å²) in [7, 11) is 2.86. The lowest BCUT2D eigenvalue weighted by Crippen LogP contribution is -2.43. The maximum absolute atomic E-state index is 12.0. The Morgan fingerprint density at radius 2 is 2.05 bits per heavy atom. The first-order chi connectivity index (χ1) is 9.11. The summed E-state index contributed by atoms with van der Waals surface area (Å²) in [5, 5.41) is 0.952. The van der Waals surface area contributed by atoms with Gasteiger partial charge in [0, 0.05) is 24.3 Å². The number of hydrogen-bond acceptors (Lipinski definition) is 4. The zero-order valence-corrected chi connectivity index (χ0v) is 11.1. The summed E-state index contributed by atoms with van der Waals surface area (Å²) < 4.78 is 5.36. The Balaban J connectivity index is 2.48. The van der Waals surface area contributed by atoms with E-state index in [-0.39, 0.29) is 5.91 Å². The molecule has 0 radical (unpaired) electrons. The Kier molecular flexibility index (Phi) is 3.78. The summed E-state index contributed by atoms with van der Waals surface area (Å²) in [4.78, 5) is 21.0. The van der Waals surface area contributed by atoms with E-state index in [1.165, 1.54) is 14.2 Å². The molecule has 0 spiro atoms. The smallest absolute Gasteiger partial charge is 0.280 e. The summed E-state index contributed by atoms with van der Waals surface area (Å²) in [6, 6.07) is 9.59. The molecule has 19 heavy (non-hydrogen) atoms. The number of nitrogens with zero attached hydrogens (tertiary/aromatic N) is 1. The number of ether oxygens (including phenoxy) is 1. The molecule has 1 unspecified atom stereocenters. The average molecular weight is 260 g/mol. The van der Waals surface area contributed by atoms with Crippen LogP contribution in [0.5, 0.6) is 0 Å². The Hall–Kier alpha value is -1.98. The Labute approximate surface area is 111 Å². The molecule has 0 aliphatic rings. The number of hydroxylamine groups is 1. The van der Waals surface area contributed by atoms with E-state index < -0.39 is 5.60 Å². The number of nitrogens with one attached hydrogen (secondary N) is 1. The second-order valence-electron chi connectivity index (χ2n) is 4.29. The highest BCUT2D eigenvalue weighted by molar-refractivity contribution is 5.87. The fourth-order valence-corrected chi connectivity index (χ4v) is 1.86. The van der Waals surface area contributed by atoms with Crippen LogP contribution in [0.1, 0.15) is 12.5 Å². The predicted molar refractivity (Wildman–Crippen MR) is 71.3 cm³/mol. The molecule has 2 rings (SSSR count). The van der Waals surface area contributed by atoms with E-state index >= 15 is 0 Å². The van der Waals surface area contributed by atoms with Crippen molar-refractivity contribution in [3.05, 3.63) is 42.1 Å². The maximum atomic E-state index is 12.0. The highest BCUT2D eigenvalue weighted by Crippen LogP contribution is 2.26. The average Bonchev–Trinajstić information content (AvgIpc) is 2.46. The quantitative estimate of drug-likeness (QED) is 0.851. The van der Waals surface area contributed by atoms with Crippen LogP contribution in [-0.2, 0) is 20.0 Å². The van der Waals surface area contributed by atoms with E-state index in [0.717, 1.165) is 10.9 Å². The minimum Gasteiger partial charge on any atom is -0.364 e. The lowest BCUT2D eigenvalue weighted by molar-refractivity contribution is -0.153. The Bertz CT molecular complexity index is 600. The van der Waals surface area contributed by atoms with Crippen molar-refractivity contribution in [2.75, 3.05) is 14.2 Å². The highest BCUT2D eigenvalue weighted by atomic mass is 16.6. The van der Waals surface area contributed by atoms with Crippen LogP contribution in [0, 0.1) is 0 Å². The molecular weight excluding hydrogens is 244 g/mol. The van der Waals surface area contributed by atoms with Gasteiger partial charge in [0.25, 0.3) is 5.91 Å². The molecule has 0 saturated carbocycles. The molecule has 1 N–H and O–H groups in total. The lowest BCUT2D eigenvalue weighted by atomic mass is 9.95. The van der Waals surface area contributed by atoms with Crippen LogP contribution in [0.2, 0.25) is 0 Å². The maximum Gasteiger partial charge on any atom is 0.280 e. The second-order valence-corrected chi connectivity index (χ2v) is 4.29. The number of aromatic nitrogens is 1. The topological polar surface area (TPSA) is 60.5 Å². The molecule has 1 atom stereocenters. The van der Waals surface area contributed by atoms with Crippen molar-refractivity contribution < 1.29 is 14.4 Å². The number of hydrogen-bond donors (Lipinski definition) is 1. The van der Waals surface area contributed by atoms with Gasteiger partial charge in [-0.1, -0.05) is 18.2 Å². The highest BCUT2D eigenvalue weighted by Gasteiger charge is 2.36. The molecule has 2 aromatic rings. The van der Waals surface area contributed by atoms with Crippen molar-refractivity contribution in [1.29, 1.82) is 0 Å². The third-order valence-electron chi connectivity index (χ3n) is 3.18. The number of benzene rings is 1. The van der Waals surface area contributed by atoms with Gasteiger partial charge in [-0.05, 0) is 19.1 Å². The largest absolute Gasteiger partial charge is 0.364 e. The van der Waals surface area contributed by atoms with Crippen LogP contribution in [0.25, 0.3) is 10.9 Å². The number of pyridine rings is 1. The summed E-state index contributed by atoms with van der Waals surface area (Å²) >= 11 is 0. The molecule has 1 aromatic carbocycles. The van der Waals surface area contributed by atoms with Crippen LogP contribution >= 0.6 is 0 Å². The molecule has 0 saturated heterocycles. The number of amides is 1. The van der Waals surface area contributed by atoms with Crippen LogP contribution < -0.4 is 5.48 Å². The zero-order chi connectivity index (χ0) is 13.9. The minimum atomic E-state index is -1.15. The van der Waals surface area contributed by atoms with Crippen molar-refractivity contribution in [3.63, 3.8) is 0 Å². The zero-order valence-electron chi connectivity index (χ0n) is 11.1. The van der Waals surface area contributed by atoms with E-state index in [0.29, 0.717) is 5.56 Å². The third kappa shape index (κ3) is 2.43. The van der Waals surface area contributed by atoms with Gasteiger partial charge < -0.3 is 4.74 Å². The number of carbonyl (C=O) groups is 1. The van der Waals surface area contributed by atoms with Gasteiger partial charge in [0.05, 0.1) is 12.6 Å². The molecule has 0 fully saturated rings. The van der Waals surface area contributed by atoms with Gasteiger partial charge in [-0.25, -0.2) is 5.48 Å². The summed E-state index contributed by atoms with van der Waals surface area (Å²) in [5.74, 6) is -0.380. The predicted octanol–water partition coefficient (Wildman–Crippen LogP) is 1.77. The number of rotatable bonds is 4. The van der Waals surface area contributed by atoms with Crippen LogP contribution in [0.4, 0.5) is 0 Å². The first-order valence-corrected chi connectivity index (χ1v) is 5.85. The fourth-order valence-electron chi connectivity index (χ4n) is 1.86. The van der Waals surface area contributed by atoms with Crippen molar-refractivity contribution >= 4 is 16.8 Å². The normalized spacial score (nSPS) is 14.1. The lowest BCUT2D eigenvalue weighted by Gasteiger charge is -2.26.